The summed E-state index contributed by atoms with van der Waals surface area (Å²) in [4.78, 5) is 0. The molecule has 0 aliphatic heterocycles. The lowest BCUT2D eigenvalue weighted by molar-refractivity contribution is 0.325. The van der Waals surface area contributed by atoms with Gasteiger partial charge in [0.1, 0.15) is 0 Å². The first-order chi connectivity index (χ1) is 9.62. The van der Waals surface area contributed by atoms with E-state index in [0.717, 1.165) is 11.1 Å². The SMILES string of the molecule is COc1ccc(-c2cc(N)ccc2N)c(OC)c1OC. The van der Waals surface area contributed by atoms with Crippen LogP contribution in [0.4, 0.5) is 11.4 Å². The molecule has 20 heavy (non-hydrogen) atoms. The molecule has 0 radical (unpaired) electrons. The molecule has 0 amide bonds. The zero-order valence-corrected chi connectivity index (χ0v) is 11.8. The zero-order valence-electron chi connectivity index (χ0n) is 11.8. The second-order valence-corrected chi connectivity index (χ2v) is 4.23. The Morgan fingerprint density at radius 1 is 0.750 bits per heavy atom. The normalized spacial score (nSPS) is 10.2. The molecule has 0 unspecified atom stereocenters. The Bertz CT molecular complexity index is 627. The average molecular weight is 274 g/mol. The lowest BCUT2D eigenvalue weighted by Gasteiger charge is -2.17. The number of nitrogens with two attached hydrogens (primary N) is 2. The van der Waals surface area contributed by atoms with Crippen molar-refractivity contribution in [3.8, 4) is 28.4 Å². The number of benzene rings is 2. The van der Waals surface area contributed by atoms with Crippen molar-refractivity contribution in [1.82, 2.24) is 0 Å². The average Bonchev–Trinajstić information content (AvgIpc) is 2.47. The highest BCUT2D eigenvalue weighted by atomic mass is 16.5. The molecule has 0 aromatic heterocycles. The molecule has 0 atom stereocenters. The van der Waals surface area contributed by atoms with Crippen molar-refractivity contribution in [2.45, 2.75) is 0 Å². The minimum absolute atomic E-state index is 0.523. The highest BCUT2D eigenvalue weighted by Gasteiger charge is 2.18. The van der Waals surface area contributed by atoms with Gasteiger partial charge in [0.2, 0.25) is 5.75 Å². The minimum Gasteiger partial charge on any atom is -0.493 e. The van der Waals surface area contributed by atoms with Crippen molar-refractivity contribution < 1.29 is 14.2 Å². The predicted octanol–water partition coefficient (Wildman–Crippen LogP) is 2.54. The monoisotopic (exact) mass is 274 g/mol. The van der Waals surface area contributed by atoms with Gasteiger partial charge in [-0.2, -0.15) is 0 Å². The van der Waals surface area contributed by atoms with E-state index in [1.807, 2.05) is 6.07 Å². The maximum Gasteiger partial charge on any atom is 0.203 e. The first-order valence-electron chi connectivity index (χ1n) is 6.06. The van der Waals surface area contributed by atoms with E-state index in [4.69, 9.17) is 25.7 Å². The van der Waals surface area contributed by atoms with Crippen LogP contribution in [0.5, 0.6) is 17.2 Å². The summed E-state index contributed by atoms with van der Waals surface area (Å²) in [6.07, 6.45) is 0. The van der Waals surface area contributed by atoms with Gasteiger partial charge < -0.3 is 25.7 Å². The van der Waals surface area contributed by atoms with Crippen LogP contribution in [-0.2, 0) is 0 Å². The fraction of sp³-hybridized carbons (Fsp3) is 0.200. The summed E-state index contributed by atoms with van der Waals surface area (Å²) in [5.41, 5.74) is 14.7. The maximum absolute atomic E-state index is 6.02. The van der Waals surface area contributed by atoms with Crippen LogP contribution in [0.3, 0.4) is 0 Å². The van der Waals surface area contributed by atoms with Crippen LogP contribution in [0.25, 0.3) is 11.1 Å². The first-order valence-corrected chi connectivity index (χ1v) is 6.06. The molecule has 4 N–H and O–H groups in total. The molecule has 0 spiro atoms. The number of methoxy groups -OCH3 is 3. The summed E-state index contributed by atoms with van der Waals surface area (Å²) in [5.74, 6) is 1.68. The van der Waals surface area contributed by atoms with Crippen molar-refractivity contribution >= 4 is 11.4 Å². The molecule has 5 nitrogen and oxygen atoms in total. The fourth-order valence-electron chi connectivity index (χ4n) is 2.12. The van der Waals surface area contributed by atoms with Gasteiger partial charge in [-0.15, -0.1) is 0 Å². The van der Waals surface area contributed by atoms with Crippen molar-refractivity contribution in [2.24, 2.45) is 0 Å². The van der Waals surface area contributed by atoms with Crippen LogP contribution >= 0.6 is 0 Å². The molecule has 0 aliphatic rings. The Morgan fingerprint density at radius 3 is 2.05 bits per heavy atom. The molecule has 5 heteroatoms. The lowest BCUT2D eigenvalue weighted by Crippen LogP contribution is -1.99. The summed E-state index contributed by atoms with van der Waals surface area (Å²) >= 11 is 0. The van der Waals surface area contributed by atoms with Gasteiger partial charge in [-0.3, -0.25) is 0 Å². The summed E-state index contributed by atoms with van der Waals surface area (Å²) in [6.45, 7) is 0. The molecule has 2 aromatic rings. The highest BCUT2D eigenvalue weighted by Crippen LogP contribution is 2.45. The Labute approximate surface area is 118 Å². The van der Waals surface area contributed by atoms with Crippen molar-refractivity contribution in [3.63, 3.8) is 0 Å². The van der Waals surface area contributed by atoms with Crippen molar-refractivity contribution in [1.29, 1.82) is 0 Å². The van der Waals surface area contributed by atoms with Crippen LogP contribution in [-0.4, -0.2) is 21.3 Å². The second kappa shape index (κ2) is 5.61. The van der Waals surface area contributed by atoms with Crippen LogP contribution in [0.15, 0.2) is 30.3 Å². The third kappa shape index (κ3) is 2.30. The van der Waals surface area contributed by atoms with E-state index < -0.39 is 0 Å². The van der Waals surface area contributed by atoms with E-state index in [2.05, 4.69) is 0 Å². The van der Waals surface area contributed by atoms with E-state index in [1.165, 1.54) is 0 Å². The van der Waals surface area contributed by atoms with Crippen LogP contribution < -0.4 is 25.7 Å². The summed E-state index contributed by atoms with van der Waals surface area (Å²) in [5, 5.41) is 0. The van der Waals surface area contributed by atoms with Gasteiger partial charge >= 0.3 is 0 Å². The second-order valence-electron chi connectivity index (χ2n) is 4.23. The topological polar surface area (TPSA) is 79.7 Å². The largest absolute Gasteiger partial charge is 0.493 e. The van der Waals surface area contributed by atoms with E-state index in [1.54, 1.807) is 45.6 Å². The Kier molecular flexibility index (Phi) is 3.89. The summed E-state index contributed by atoms with van der Waals surface area (Å²) in [6, 6.07) is 9.00. The minimum atomic E-state index is 0.523. The first kappa shape index (κ1) is 13.9. The standard InChI is InChI=1S/C15H18N2O3/c1-18-13-7-5-10(14(19-2)15(13)20-3)11-8-9(16)4-6-12(11)17/h4-8H,16-17H2,1-3H3. The Hall–Kier alpha value is -2.56. The number of anilines is 2. The van der Waals surface area contributed by atoms with Gasteiger partial charge in [0.05, 0.1) is 21.3 Å². The molecular formula is C15H18N2O3. The van der Waals surface area contributed by atoms with E-state index >= 15 is 0 Å². The lowest BCUT2D eigenvalue weighted by atomic mass is 10.0. The zero-order chi connectivity index (χ0) is 14.7. The molecule has 0 fully saturated rings. The van der Waals surface area contributed by atoms with Crippen molar-refractivity contribution in [3.05, 3.63) is 30.3 Å². The number of ether oxygens (including phenoxy) is 3. The van der Waals surface area contributed by atoms with Gasteiger partial charge in [0, 0.05) is 22.5 Å². The van der Waals surface area contributed by atoms with Gasteiger partial charge in [-0.05, 0) is 30.3 Å². The van der Waals surface area contributed by atoms with Crippen LogP contribution in [0.1, 0.15) is 0 Å². The summed E-state index contributed by atoms with van der Waals surface area (Å²) in [7, 11) is 4.71. The van der Waals surface area contributed by atoms with Crippen molar-refractivity contribution in [2.75, 3.05) is 32.8 Å². The van der Waals surface area contributed by atoms with Gasteiger partial charge in [0.25, 0.3) is 0 Å². The molecule has 2 aromatic carbocycles. The van der Waals surface area contributed by atoms with Gasteiger partial charge in [0.15, 0.2) is 11.5 Å². The maximum atomic E-state index is 6.02. The fourth-order valence-corrected chi connectivity index (χ4v) is 2.12. The van der Waals surface area contributed by atoms with Crippen LogP contribution in [0.2, 0.25) is 0 Å². The Balaban J connectivity index is 2.71. The summed E-state index contributed by atoms with van der Waals surface area (Å²) < 4.78 is 16.1. The van der Waals surface area contributed by atoms with Gasteiger partial charge in [-0.25, -0.2) is 0 Å². The molecule has 0 heterocycles. The van der Waals surface area contributed by atoms with Crippen LogP contribution in [0, 0.1) is 0 Å². The Morgan fingerprint density at radius 2 is 1.45 bits per heavy atom. The smallest absolute Gasteiger partial charge is 0.203 e. The predicted molar refractivity (Wildman–Crippen MR) is 80.4 cm³/mol. The van der Waals surface area contributed by atoms with E-state index in [0.29, 0.717) is 28.6 Å². The molecule has 0 saturated carbocycles. The third-order valence-corrected chi connectivity index (χ3v) is 3.07. The highest BCUT2D eigenvalue weighted by molar-refractivity contribution is 5.85. The molecule has 106 valence electrons. The molecule has 0 saturated heterocycles. The molecule has 0 aliphatic carbocycles. The van der Waals surface area contributed by atoms with E-state index in [-0.39, 0.29) is 0 Å². The molecular weight excluding hydrogens is 256 g/mol. The number of rotatable bonds is 4. The third-order valence-electron chi connectivity index (χ3n) is 3.07. The quantitative estimate of drug-likeness (QED) is 0.837. The number of hydrogen-bond acceptors (Lipinski definition) is 5. The van der Waals surface area contributed by atoms with E-state index in [9.17, 15) is 0 Å². The van der Waals surface area contributed by atoms with Gasteiger partial charge in [-0.1, -0.05) is 0 Å². The number of nitrogen functional groups attached to an aromatic ring is 2. The number of hydrogen-bond donors (Lipinski definition) is 2. The molecule has 2 rings (SSSR count). The molecule has 0 bridgehead atoms.